The first-order valence-corrected chi connectivity index (χ1v) is 6.92. The fraction of sp³-hybridized carbons (Fsp3) is 0.467. The first-order valence-electron chi connectivity index (χ1n) is 6.92. The summed E-state index contributed by atoms with van der Waals surface area (Å²) >= 11 is 0. The lowest BCUT2D eigenvalue weighted by molar-refractivity contribution is -0.140. The van der Waals surface area contributed by atoms with Gasteiger partial charge in [0.25, 0.3) is 0 Å². The number of nitrogens with one attached hydrogen (secondary N) is 2. The van der Waals surface area contributed by atoms with Gasteiger partial charge in [0, 0.05) is 25.5 Å². The minimum absolute atomic E-state index is 0.135. The third-order valence-electron chi connectivity index (χ3n) is 3.41. The van der Waals surface area contributed by atoms with Crippen molar-refractivity contribution >= 4 is 23.4 Å². The van der Waals surface area contributed by atoms with Gasteiger partial charge in [-0.25, -0.2) is 9.59 Å². The standard InChI is InChI=1S/C15H23N3O3/c1-5-10(2)13(14(19)20)17-15(21)16-11-6-8-12(9-7-11)18(3)4/h6-10,13H,5H2,1-4H3,(H,19,20)(H2,16,17,21)/t10-,13-/m0/s1. The molecule has 21 heavy (non-hydrogen) atoms. The summed E-state index contributed by atoms with van der Waals surface area (Å²) in [5.41, 5.74) is 1.63. The van der Waals surface area contributed by atoms with Crippen LogP contribution < -0.4 is 15.5 Å². The van der Waals surface area contributed by atoms with Crippen molar-refractivity contribution < 1.29 is 14.7 Å². The molecule has 0 aliphatic rings. The molecular formula is C15H23N3O3. The maximum Gasteiger partial charge on any atom is 0.326 e. The molecule has 0 heterocycles. The molecule has 1 aromatic carbocycles. The molecule has 0 radical (unpaired) electrons. The van der Waals surface area contributed by atoms with E-state index in [1.165, 1.54) is 0 Å². The third kappa shape index (κ3) is 4.98. The summed E-state index contributed by atoms with van der Waals surface area (Å²) in [6.07, 6.45) is 0.675. The Hall–Kier alpha value is -2.24. The molecule has 0 fully saturated rings. The average Bonchev–Trinajstić information content (AvgIpc) is 2.44. The molecule has 116 valence electrons. The highest BCUT2D eigenvalue weighted by Gasteiger charge is 2.25. The molecule has 0 bridgehead atoms. The van der Waals surface area contributed by atoms with E-state index in [-0.39, 0.29) is 5.92 Å². The quantitative estimate of drug-likeness (QED) is 0.752. The predicted octanol–water partition coefficient (Wildman–Crippen LogP) is 2.37. The minimum atomic E-state index is -1.03. The van der Waals surface area contributed by atoms with Crippen LogP contribution in [0.15, 0.2) is 24.3 Å². The van der Waals surface area contributed by atoms with Crippen molar-refractivity contribution in [2.75, 3.05) is 24.3 Å². The molecule has 0 aliphatic heterocycles. The molecule has 1 rings (SSSR count). The first-order chi connectivity index (χ1) is 9.85. The zero-order valence-corrected chi connectivity index (χ0v) is 12.9. The van der Waals surface area contributed by atoms with E-state index in [0.717, 1.165) is 5.69 Å². The fourth-order valence-corrected chi connectivity index (χ4v) is 1.83. The van der Waals surface area contributed by atoms with Gasteiger partial charge in [0.2, 0.25) is 0 Å². The highest BCUT2D eigenvalue weighted by Crippen LogP contribution is 2.15. The maximum atomic E-state index is 11.9. The van der Waals surface area contributed by atoms with Crippen molar-refractivity contribution in [3.63, 3.8) is 0 Å². The number of benzene rings is 1. The normalized spacial score (nSPS) is 13.1. The smallest absolute Gasteiger partial charge is 0.326 e. The van der Waals surface area contributed by atoms with Crippen LogP contribution in [-0.2, 0) is 4.79 Å². The van der Waals surface area contributed by atoms with Gasteiger partial charge in [-0.2, -0.15) is 0 Å². The summed E-state index contributed by atoms with van der Waals surface area (Å²) in [5.74, 6) is -1.16. The summed E-state index contributed by atoms with van der Waals surface area (Å²) < 4.78 is 0. The third-order valence-corrected chi connectivity index (χ3v) is 3.41. The molecule has 2 atom stereocenters. The molecule has 0 unspecified atom stereocenters. The Labute approximate surface area is 125 Å². The first kappa shape index (κ1) is 16.8. The monoisotopic (exact) mass is 293 g/mol. The van der Waals surface area contributed by atoms with E-state index in [9.17, 15) is 9.59 Å². The van der Waals surface area contributed by atoms with Crippen molar-refractivity contribution in [3.8, 4) is 0 Å². The van der Waals surface area contributed by atoms with Crippen LogP contribution >= 0.6 is 0 Å². The van der Waals surface area contributed by atoms with E-state index < -0.39 is 18.0 Å². The molecule has 6 nitrogen and oxygen atoms in total. The summed E-state index contributed by atoms with van der Waals surface area (Å²) in [4.78, 5) is 25.0. The number of aliphatic carboxylic acids is 1. The molecule has 0 spiro atoms. The second-order valence-corrected chi connectivity index (χ2v) is 5.24. The van der Waals surface area contributed by atoms with Crippen LogP contribution in [0.3, 0.4) is 0 Å². The number of amides is 2. The minimum Gasteiger partial charge on any atom is -0.480 e. The van der Waals surface area contributed by atoms with Gasteiger partial charge in [-0.1, -0.05) is 20.3 Å². The van der Waals surface area contributed by atoms with E-state index in [4.69, 9.17) is 5.11 Å². The number of hydrogen-bond donors (Lipinski definition) is 3. The Morgan fingerprint density at radius 2 is 1.81 bits per heavy atom. The van der Waals surface area contributed by atoms with Gasteiger partial charge in [0.1, 0.15) is 6.04 Å². The van der Waals surface area contributed by atoms with Crippen LogP contribution in [0.4, 0.5) is 16.2 Å². The van der Waals surface area contributed by atoms with Gasteiger partial charge < -0.3 is 20.6 Å². The average molecular weight is 293 g/mol. The number of carboxylic acid groups (broad SMARTS) is 1. The lowest BCUT2D eigenvalue weighted by Crippen LogP contribution is -2.46. The van der Waals surface area contributed by atoms with Crippen molar-refractivity contribution in [2.24, 2.45) is 5.92 Å². The molecule has 3 N–H and O–H groups in total. The Balaban J connectivity index is 2.65. The molecule has 0 saturated heterocycles. The van der Waals surface area contributed by atoms with Crippen LogP contribution in [0.5, 0.6) is 0 Å². The number of urea groups is 1. The van der Waals surface area contributed by atoms with Gasteiger partial charge in [0.05, 0.1) is 0 Å². The number of carboxylic acids is 1. The largest absolute Gasteiger partial charge is 0.480 e. The fourth-order valence-electron chi connectivity index (χ4n) is 1.83. The summed E-state index contributed by atoms with van der Waals surface area (Å²) in [5, 5.41) is 14.3. The summed E-state index contributed by atoms with van der Waals surface area (Å²) in [6, 6.07) is 5.89. The molecule has 0 saturated carbocycles. The van der Waals surface area contributed by atoms with E-state index in [1.54, 1.807) is 19.1 Å². The Bertz CT molecular complexity index is 485. The van der Waals surface area contributed by atoms with Crippen LogP contribution in [0.25, 0.3) is 0 Å². The van der Waals surface area contributed by atoms with Gasteiger partial charge in [-0.3, -0.25) is 0 Å². The molecule has 1 aromatic rings. The van der Waals surface area contributed by atoms with Crippen LogP contribution in [0.1, 0.15) is 20.3 Å². The van der Waals surface area contributed by atoms with Crippen molar-refractivity contribution in [2.45, 2.75) is 26.3 Å². The topological polar surface area (TPSA) is 81.7 Å². The zero-order valence-electron chi connectivity index (χ0n) is 12.9. The Morgan fingerprint density at radius 3 is 2.24 bits per heavy atom. The van der Waals surface area contributed by atoms with Crippen molar-refractivity contribution in [3.05, 3.63) is 24.3 Å². The number of nitrogens with zero attached hydrogens (tertiary/aromatic N) is 1. The molecule has 0 aromatic heterocycles. The van der Waals surface area contributed by atoms with E-state index in [2.05, 4.69) is 10.6 Å². The highest BCUT2D eigenvalue weighted by atomic mass is 16.4. The number of carbonyl (C=O) groups excluding carboxylic acids is 1. The van der Waals surface area contributed by atoms with Crippen LogP contribution in [-0.4, -0.2) is 37.2 Å². The zero-order chi connectivity index (χ0) is 16.0. The van der Waals surface area contributed by atoms with Gasteiger partial charge in [-0.05, 0) is 30.2 Å². The number of hydrogen-bond acceptors (Lipinski definition) is 3. The SMILES string of the molecule is CC[C@H](C)[C@H](NC(=O)Nc1ccc(N(C)C)cc1)C(=O)O. The van der Waals surface area contributed by atoms with Gasteiger partial charge >= 0.3 is 12.0 Å². The Morgan fingerprint density at radius 1 is 1.24 bits per heavy atom. The van der Waals surface area contributed by atoms with Crippen molar-refractivity contribution in [1.29, 1.82) is 0 Å². The molecular weight excluding hydrogens is 270 g/mol. The predicted molar refractivity (Wildman–Crippen MR) is 83.8 cm³/mol. The lowest BCUT2D eigenvalue weighted by Gasteiger charge is -2.20. The van der Waals surface area contributed by atoms with Crippen molar-refractivity contribution in [1.82, 2.24) is 5.32 Å². The van der Waals surface area contributed by atoms with Crippen LogP contribution in [0, 0.1) is 5.92 Å². The number of carbonyl (C=O) groups is 2. The molecule has 0 aliphatic carbocycles. The molecule has 6 heteroatoms. The second-order valence-electron chi connectivity index (χ2n) is 5.24. The number of anilines is 2. The summed E-state index contributed by atoms with van der Waals surface area (Å²) in [7, 11) is 3.86. The van der Waals surface area contributed by atoms with E-state index in [0.29, 0.717) is 12.1 Å². The summed E-state index contributed by atoms with van der Waals surface area (Å²) in [6.45, 7) is 3.69. The molecule has 2 amide bonds. The second kappa shape index (κ2) is 7.52. The Kier molecular flexibility index (Phi) is 6.02. The van der Waals surface area contributed by atoms with Crippen LogP contribution in [0.2, 0.25) is 0 Å². The lowest BCUT2D eigenvalue weighted by atomic mass is 9.99. The number of rotatable bonds is 6. The highest BCUT2D eigenvalue weighted by molar-refractivity contribution is 5.92. The van der Waals surface area contributed by atoms with E-state index in [1.807, 2.05) is 38.1 Å². The van der Waals surface area contributed by atoms with E-state index >= 15 is 0 Å². The van der Waals surface area contributed by atoms with Gasteiger partial charge in [-0.15, -0.1) is 0 Å². The van der Waals surface area contributed by atoms with Gasteiger partial charge in [0.15, 0.2) is 0 Å². The maximum absolute atomic E-state index is 11.9.